The molecule has 2 rings (SSSR count). The number of carboxylic acid groups (broad SMARTS) is 1. The first-order valence-corrected chi connectivity index (χ1v) is 6.06. The summed E-state index contributed by atoms with van der Waals surface area (Å²) in [5.74, 6) is -1.84. The van der Waals surface area contributed by atoms with Crippen molar-refractivity contribution in [3.63, 3.8) is 0 Å². The van der Waals surface area contributed by atoms with Gasteiger partial charge in [0.25, 0.3) is 5.91 Å². The molecule has 20 heavy (non-hydrogen) atoms. The molecule has 1 aromatic carbocycles. The van der Waals surface area contributed by atoms with Crippen LogP contribution in [0.25, 0.3) is 0 Å². The standard InChI is InChI=1S/C13H14FNO5/c14-9-2-1-3-10(6-9)20-8-12(16)15-4-5-19-7-11(15)13(17)18/h1-3,6,11H,4-5,7-8H2,(H,17,18). The van der Waals surface area contributed by atoms with Crippen molar-refractivity contribution in [3.8, 4) is 5.75 Å². The number of benzene rings is 1. The lowest BCUT2D eigenvalue weighted by Crippen LogP contribution is -2.53. The van der Waals surface area contributed by atoms with Gasteiger partial charge in [-0.15, -0.1) is 0 Å². The second-order valence-electron chi connectivity index (χ2n) is 4.26. The van der Waals surface area contributed by atoms with Gasteiger partial charge in [-0.1, -0.05) is 6.07 Å². The second-order valence-corrected chi connectivity index (χ2v) is 4.26. The Kier molecular flexibility index (Phi) is 4.52. The highest BCUT2D eigenvalue weighted by atomic mass is 19.1. The second kappa shape index (κ2) is 6.33. The average molecular weight is 283 g/mol. The predicted octanol–water partition coefficient (Wildman–Crippen LogP) is 0.517. The molecule has 0 spiro atoms. The summed E-state index contributed by atoms with van der Waals surface area (Å²) in [4.78, 5) is 24.2. The van der Waals surface area contributed by atoms with Crippen LogP contribution in [0.4, 0.5) is 4.39 Å². The summed E-state index contributed by atoms with van der Waals surface area (Å²) in [6.45, 7) is 0.103. The molecule has 1 amide bonds. The van der Waals surface area contributed by atoms with E-state index in [-0.39, 0.29) is 32.1 Å². The van der Waals surface area contributed by atoms with Gasteiger partial charge in [-0.2, -0.15) is 0 Å². The molecule has 0 saturated carbocycles. The topological polar surface area (TPSA) is 76.1 Å². The summed E-state index contributed by atoms with van der Waals surface area (Å²) in [5.41, 5.74) is 0. The van der Waals surface area contributed by atoms with Crippen LogP contribution in [0.1, 0.15) is 0 Å². The molecule has 0 bridgehead atoms. The number of nitrogens with zero attached hydrogens (tertiary/aromatic N) is 1. The maximum Gasteiger partial charge on any atom is 0.328 e. The van der Waals surface area contributed by atoms with Gasteiger partial charge in [0.15, 0.2) is 12.6 Å². The van der Waals surface area contributed by atoms with Crippen molar-refractivity contribution in [1.29, 1.82) is 0 Å². The van der Waals surface area contributed by atoms with E-state index in [0.717, 1.165) is 6.07 Å². The number of rotatable bonds is 4. The summed E-state index contributed by atoms with van der Waals surface area (Å²) in [6, 6.07) is 4.39. The maximum absolute atomic E-state index is 12.9. The Hall–Kier alpha value is -2.15. The van der Waals surface area contributed by atoms with Gasteiger partial charge in [0.1, 0.15) is 11.6 Å². The molecule has 0 aromatic heterocycles. The van der Waals surface area contributed by atoms with Crippen LogP contribution in [0.2, 0.25) is 0 Å². The van der Waals surface area contributed by atoms with Crippen molar-refractivity contribution in [1.82, 2.24) is 4.90 Å². The van der Waals surface area contributed by atoms with Crippen LogP contribution < -0.4 is 4.74 Å². The van der Waals surface area contributed by atoms with Gasteiger partial charge in [0, 0.05) is 12.6 Å². The lowest BCUT2D eigenvalue weighted by Gasteiger charge is -2.32. The molecule has 1 atom stereocenters. The van der Waals surface area contributed by atoms with Crippen molar-refractivity contribution >= 4 is 11.9 Å². The number of carboxylic acids is 1. The molecule has 0 aliphatic carbocycles. The highest BCUT2D eigenvalue weighted by molar-refractivity contribution is 5.84. The fourth-order valence-electron chi connectivity index (χ4n) is 1.89. The average Bonchev–Trinajstić information content (AvgIpc) is 2.45. The first-order chi connectivity index (χ1) is 9.58. The van der Waals surface area contributed by atoms with Gasteiger partial charge in [0.2, 0.25) is 0 Å². The number of ether oxygens (including phenoxy) is 2. The Labute approximate surface area is 114 Å². The molecule has 1 N–H and O–H groups in total. The van der Waals surface area contributed by atoms with E-state index in [0.29, 0.717) is 0 Å². The SMILES string of the molecule is O=C(O)C1COCCN1C(=O)COc1cccc(F)c1. The van der Waals surface area contributed by atoms with Crippen LogP contribution in [-0.2, 0) is 14.3 Å². The number of aliphatic carboxylic acids is 1. The van der Waals surface area contributed by atoms with Crippen LogP contribution >= 0.6 is 0 Å². The molecule has 1 unspecified atom stereocenters. The molecular formula is C13H14FNO5. The number of halogens is 1. The van der Waals surface area contributed by atoms with Crippen LogP contribution in [0.15, 0.2) is 24.3 Å². The summed E-state index contributed by atoms with van der Waals surface area (Å²) >= 11 is 0. The van der Waals surface area contributed by atoms with Crippen molar-refractivity contribution < 1.29 is 28.6 Å². The molecule has 108 valence electrons. The highest BCUT2D eigenvalue weighted by Gasteiger charge is 2.32. The predicted molar refractivity (Wildman–Crippen MR) is 65.9 cm³/mol. The first kappa shape index (κ1) is 14.3. The van der Waals surface area contributed by atoms with E-state index in [9.17, 15) is 14.0 Å². The Morgan fingerprint density at radius 2 is 2.30 bits per heavy atom. The minimum atomic E-state index is -1.12. The van der Waals surface area contributed by atoms with Crippen molar-refractivity contribution in [2.24, 2.45) is 0 Å². The number of morpholine rings is 1. The van der Waals surface area contributed by atoms with E-state index in [2.05, 4.69) is 0 Å². The number of hydrogen-bond acceptors (Lipinski definition) is 4. The van der Waals surface area contributed by atoms with Crippen LogP contribution in [0.3, 0.4) is 0 Å². The molecule has 6 nitrogen and oxygen atoms in total. The summed E-state index contributed by atoms with van der Waals surface area (Å²) in [6.07, 6.45) is 0. The number of carbonyl (C=O) groups is 2. The van der Waals surface area contributed by atoms with Crippen molar-refractivity contribution in [2.45, 2.75) is 6.04 Å². The quantitative estimate of drug-likeness (QED) is 0.871. The Bertz CT molecular complexity index is 507. The lowest BCUT2D eigenvalue weighted by molar-refractivity contribution is -0.159. The largest absolute Gasteiger partial charge is 0.484 e. The third kappa shape index (κ3) is 3.45. The zero-order valence-electron chi connectivity index (χ0n) is 10.6. The van der Waals surface area contributed by atoms with Gasteiger partial charge in [-0.05, 0) is 12.1 Å². The summed E-state index contributed by atoms with van der Waals surface area (Å²) < 4.78 is 23.1. The minimum Gasteiger partial charge on any atom is -0.484 e. The number of carbonyl (C=O) groups excluding carboxylic acids is 1. The number of amides is 1. The Balaban J connectivity index is 1.95. The van der Waals surface area contributed by atoms with Gasteiger partial charge >= 0.3 is 5.97 Å². The Morgan fingerprint density at radius 1 is 1.50 bits per heavy atom. The van der Waals surface area contributed by atoms with Crippen LogP contribution in [-0.4, -0.2) is 54.3 Å². The van der Waals surface area contributed by atoms with E-state index in [4.69, 9.17) is 14.6 Å². The zero-order chi connectivity index (χ0) is 14.5. The van der Waals surface area contributed by atoms with Gasteiger partial charge < -0.3 is 19.5 Å². The van der Waals surface area contributed by atoms with Crippen molar-refractivity contribution in [3.05, 3.63) is 30.1 Å². The van der Waals surface area contributed by atoms with Gasteiger partial charge in [-0.3, -0.25) is 4.79 Å². The molecule has 1 aliphatic heterocycles. The molecule has 1 aliphatic rings. The first-order valence-electron chi connectivity index (χ1n) is 6.06. The normalized spacial score (nSPS) is 18.6. The van der Waals surface area contributed by atoms with Crippen LogP contribution in [0.5, 0.6) is 5.75 Å². The van der Waals surface area contributed by atoms with Crippen molar-refractivity contribution in [2.75, 3.05) is 26.4 Å². The molecule has 1 aromatic rings. The highest BCUT2D eigenvalue weighted by Crippen LogP contribution is 2.13. The number of hydrogen-bond donors (Lipinski definition) is 1. The zero-order valence-corrected chi connectivity index (χ0v) is 10.6. The lowest BCUT2D eigenvalue weighted by atomic mass is 10.2. The van der Waals surface area contributed by atoms with E-state index < -0.39 is 23.7 Å². The van der Waals surface area contributed by atoms with Gasteiger partial charge in [0.05, 0.1) is 13.2 Å². The molecule has 7 heteroatoms. The third-order valence-corrected chi connectivity index (χ3v) is 2.89. The molecule has 0 radical (unpaired) electrons. The van der Waals surface area contributed by atoms with Crippen LogP contribution in [0, 0.1) is 5.82 Å². The summed E-state index contributed by atoms with van der Waals surface area (Å²) in [5, 5.41) is 9.01. The minimum absolute atomic E-state index is 0.0406. The van der Waals surface area contributed by atoms with E-state index >= 15 is 0 Å². The summed E-state index contributed by atoms with van der Waals surface area (Å²) in [7, 11) is 0. The Morgan fingerprint density at radius 3 is 3.00 bits per heavy atom. The molecule has 1 fully saturated rings. The fourth-order valence-corrected chi connectivity index (χ4v) is 1.89. The smallest absolute Gasteiger partial charge is 0.328 e. The van der Waals surface area contributed by atoms with Gasteiger partial charge in [-0.25, -0.2) is 9.18 Å². The monoisotopic (exact) mass is 283 g/mol. The third-order valence-electron chi connectivity index (χ3n) is 2.89. The van der Waals surface area contributed by atoms with E-state index in [1.165, 1.54) is 23.1 Å². The van der Waals surface area contributed by atoms with E-state index in [1.54, 1.807) is 0 Å². The molecule has 1 saturated heterocycles. The molecule has 1 heterocycles. The van der Waals surface area contributed by atoms with E-state index in [1.807, 2.05) is 0 Å². The molecular weight excluding hydrogens is 269 g/mol. The maximum atomic E-state index is 12.9. The fraction of sp³-hybridized carbons (Fsp3) is 0.385.